The lowest BCUT2D eigenvalue weighted by Crippen LogP contribution is -2.41. The number of anilines is 1. The fourth-order valence-corrected chi connectivity index (χ4v) is 4.84. The molecule has 1 aliphatic carbocycles. The van der Waals surface area contributed by atoms with Gasteiger partial charge >= 0.3 is 18.2 Å². The smallest absolute Gasteiger partial charge is 0.426 e. The molecule has 12 heteroatoms. The van der Waals surface area contributed by atoms with E-state index in [2.05, 4.69) is 26.5 Å². The molecular formula is C32H37N5O7. The number of hydrogen-bond donors (Lipinski definition) is 5. The normalized spacial score (nSPS) is 12.7. The van der Waals surface area contributed by atoms with E-state index in [9.17, 15) is 24.3 Å². The number of ether oxygens (including phenoxy) is 2. The van der Waals surface area contributed by atoms with Gasteiger partial charge in [-0.05, 0) is 74.4 Å². The van der Waals surface area contributed by atoms with Crippen LogP contribution in [0.3, 0.4) is 0 Å². The summed E-state index contributed by atoms with van der Waals surface area (Å²) in [7, 11) is 0. The van der Waals surface area contributed by atoms with Crippen molar-refractivity contribution in [3.05, 3.63) is 83.6 Å². The first kappa shape index (κ1) is 31.8. The Bertz CT molecular complexity index is 1440. The van der Waals surface area contributed by atoms with Gasteiger partial charge in [-0.2, -0.15) is 0 Å². The van der Waals surface area contributed by atoms with Crippen LogP contribution in [-0.2, 0) is 14.3 Å². The number of carbonyl (C=O) groups is 4. The average molecular weight is 604 g/mol. The molecule has 0 aliphatic heterocycles. The number of carboxylic acids is 1. The molecule has 0 unspecified atom stereocenters. The maximum absolute atomic E-state index is 12.5. The molecule has 3 aromatic rings. The van der Waals surface area contributed by atoms with Crippen molar-refractivity contribution in [1.29, 1.82) is 0 Å². The Morgan fingerprint density at radius 2 is 1.57 bits per heavy atom. The van der Waals surface area contributed by atoms with E-state index < -0.39 is 29.8 Å². The van der Waals surface area contributed by atoms with Gasteiger partial charge in [0.15, 0.2) is 0 Å². The maximum Gasteiger partial charge on any atom is 0.426 e. The lowest BCUT2D eigenvalue weighted by Gasteiger charge is -2.19. The number of benzene rings is 2. The second-order valence-corrected chi connectivity index (χ2v) is 11.3. The van der Waals surface area contributed by atoms with Gasteiger partial charge < -0.3 is 25.2 Å². The standard InChI is InChI=1S/C32H37N5O7/c1-32(2,3)44-31(42)37-36-27-16-15-20(18-34-27)28(38)33-17-9-8-14-26(29(39)40)35-30(41)43-19-25-23-12-6-4-10-21(23)22-11-5-7-13-24(22)25/h4-7,10-13,15-16,18,25-26H,8-9,14,17,19H2,1-3H3,(H,33,38)(H,34,36)(H,35,41)(H,37,42)(H,39,40)/t26-/m0/s1. The second-order valence-electron chi connectivity index (χ2n) is 11.3. The van der Waals surface area contributed by atoms with Crippen LogP contribution in [-0.4, -0.2) is 58.9 Å². The zero-order valence-corrected chi connectivity index (χ0v) is 24.9. The summed E-state index contributed by atoms with van der Waals surface area (Å²) in [6, 6.07) is 17.9. The minimum absolute atomic E-state index is 0.0877. The first-order valence-corrected chi connectivity index (χ1v) is 14.4. The van der Waals surface area contributed by atoms with Crippen LogP contribution in [0.2, 0.25) is 0 Å². The van der Waals surface area contributed by atoms with Gasteiger partial charge in [-0.3, -0.25) is 10.2 Å². The summed E-state index contributed by atoms with van der Waals surface area (Å²) in [4.78, 5) is 52.5. The molecule has 5 N–H and O–H groups in total. The molecule has 232 valence electrons. The largest absolute Gasteiger partial charge is 0.480 e. The predicted octanol–water partition coefficient (Wildman–Crippen LogP) is 4.83. The van der Waals surface area contributed by atoms with Crippen molar-refractivity contribution in [3.8, 4) is 11.1 Å². The minimum Gasteiger partial charge on any atom is -0.480 e. The molecular weight excluding hydrogens is 566 g/mol. The van der Waals surface area contributed by atoms with Crippen molar-refractivity contribution in [2.75, 3.05) is 18.6 Å². The number of aromatic nitrogens is 1. The number of carboxylic acid groups (broad SMARTS) is 1. The zero-order chi connectivity index (χ0) is 31.7. The number of unbranched alkanes of at least 4 members (excludes halogenated alkanes) is 1. The third-order valence-electron chi connectivity index (χ3n) is 6.86. The number of pyridine rings is 1. The van der Waals surface area contributed by atoms with E-state index >= 15 is 0 Å². The summed E-state index contributed by atoms with van der Waals surface area (Å²) in [5.41, 5.74) is 8.97. The van der Waals surface area contributed by atoms with Crippen LogP contribution in [0.25, 0.3) is 11.1 Å². The van der Waals surface area contributed by atoms with Crippen LogP contribution >= 0.6 is 0 Å². The molecule has 1 aromatic heterocycles. The first-order valence-electron chi connectivity index (χ1n) is 14.4. The van der Waals surface area contributed by atoms with Crippen molar-refractivity contribution in [3.63, 3.8) is 0 Å². The highest BCUT2D eigenvalue weighted by atomic mass is 16.6. The Kier molecular flexibility index (Phi) is 10.4. The lowest BCUT2D eigenvalue weighted by molar-refractivity contribution is -0.139. The van der Waals surface area contributed by atoms with E-state index in [1.54, 1.807) is 26.8 Å². The van der Waals surface area contributed by atoms with Gasteiger partial charge in [0.05, 0.1) is 5.56 Å². The number of rotatable bonds is 12. The summed E-state index contributed by atoms with van der Waals surface area (Å²) < 4.78 is 10.6. The van der Waals surface area contributed by atoms with Gasteiger partial charge in [0.1, 0.15) is 24.1 Å². The summed E-state index contributed by atoms with van der Waals surface area (Å²) in [5.74, 6) is -1.33. The molecule has 4 rings (SSSR count). The van der Waals surface area contributed by atoms with Crippen LogP contribution in [0.5, 0.6) is 0 Å². The average Bonchev–Trinajstić information content (AvgIpc) is 3.31. The van der Waals surface area contributed by atoms with Gasteiger partial charge in [-0.15, -0.1) is 0 Å². The van der Waals surface area contributed by atoms with E-state index in [-0.39, 0.29) is 24.9 Å². The van der Waals surface area contributed by atoms with Crippen LogP contribution in [0.15, 0.2) is 66.9 Å². The number of nitrogens with zero attached hydrogens (tertiary/aromatic N) is 1. The van der Waals surface area contributed by atoms with Gasteiger partial charge in [0.2, 0.25) is 0 Å². The number of nitrogens with one attached hydrogen (secondary N) is 4. The summed E-state index contributed by atoms with van der Waals surface area (Å²) in [6.45, 7) is 5.62. The second kappa shape index (κ2) is 14.4. The van der Waals surface area contributed by atoms with Crippen molar-refractivity contribution in [2.24, 2.45) is 0 Å². The molecule has 1 heterocycles. The molecule has 12 nitrogen and oxygen atoms in total. The van der Waals surface area contributed by atoms with Crippen molar-refractivity contribution in [1.82, 2.24) is 21.0 Å². The highest BCUT2D eigenvalue weighted by Gasteiger charge is 2.29. The van der Waals surface area contributed by atoms with E-state index in [1.807, 2.05) is 48.5 Å². The Hall–Kier alpha value is -5.13. The lowest BCUT2D eigenvalue weighted by atomic mass is 9.98. The topological polar surface area (TPSA) is 168 Å². The number of hydrazine groups is 1. The minimum atomic E-state index is -1.16. The van der Waals surface area contributed by atoms with Gasteiger partial charge in [0, 0.05) is 18.7 Å². The molecule has 1 aliphatic rings. The number of alkyl carbamates (subject to hydrolysis) is 1. The number of amides is 3. The molecule has 3 amide bonds. The molecule has 0 saturated carbocycles. The Morgan fingerprint density at radius 3 is 2.16 bits per heavy atom. The van der Waals surface area contributed by atoms with Crippen molar-refractivity contribution < 1.29 is 33.8 Å². The Balaban J connectivity index is 1.16. The summed E-state index contributed by atoms with van der Waals surface area (Å²) in [5, 5.41) is 14.8. The van der Waals surface area contributed by atoms with Crippen LogP contribution in [0, 0.1) is 0 Å². The van der Waals surface area contributed by atoms with Crippen LogP contribution in [0.1, 0.15) is 67.4 Å². The van der Waals surface area contributed by atoms with E-state index in [1.165, 1.54) is 12.3 Å². The number of hydrogen-bond acceptors (Lipinski definition) is 8. The molecule has 2 aromatic carbocycles. The van der Waals surface area contributed by atoms with E-state index in [0.717, 1.165) is 22.3 Å². The first-order chi connectivity index (χ1) is 21.0. The van der Waals surface area contributed by atoms with E-state index in [4.69, 9.17) is 9.47 Å². The predicted molar refractivity (Wildman–Crippen MR) is 163 cm³/mol. The number of fused-ring (bicyclic) bond motifs is 3. The third-order valence-corrected chi connectivity index (χ3v) is 6.86. The van der Waals surface area contributed by atoms with Crippen molar-refractivity contribution >= 4 is 29.9 Å². The Labute approximate surface area is 255 Å². The molecule has 0 spiro atoms. The third kappa shape index (κ3) is 8.69. The fourth-order valence-electron chi connectivity index (χ4n) is 4.84. The summed E-state index contributed by atoms with van der Waals surface area (Å²) in [6.07, 6.45) is 1.00. The number of aliphatic carboxylic acids is 1. The van der Waals surface area contributed by atoms with Gasteiger partial charge in [0.25, 0.3) is 5.91 Å². The zero-order valence-electron chi connectivity index (χ0n) is 24.9. The monoisotopic (exact) mass is 603 g/mol. The summed E-state index contributed by atoms with van der Waals surface area (Å²) >= 11 is 0. The highest BCUT2D eigenvalue weighted by Crippen LogP contribution is 2.44. The molecule has 1 atom stereocenters. The van der Waals surface area contributed by atoms with Gasteiger partial charge in [-0.25, -0.2) is 24.8 Å². The number of carbonyl (C=O) groups excluding carboxylic acids is 3. The van der Waals surface area contributed by atoms with E-state index in [0.29, 0.717) is 30.8 Å². The fraction of sp³-hybridized carbons (Fsp3) is 0.344. The van der Waals surface area contributed by atoms with Crippen molar-refractivity contribution in [2.45, 2.75) is 57.6 Å². The molecule has 0 saturated heterocycles. The molecule has 0 radical (unpaired) electrons. The van der Waals surface area contributed by atoms with Gasteiger partial charge in [-0.1, -0.05) is 48.5 Å². The SMILES string of the molecule is CC(C)(C)OC(=O)NNc1ccc(C(=O)NCCCC[C@H](NC(=O)OCC2c3ccccc3-c3ccccc32)C(=O)O)cn1. The Morgan fingerprint density at radius 1 is 0.909 bits per heavy atom. The molecule has 0 fully saturated rings. The molecule has 44 heavy (non-hydrogen) atoms. The van der Waals surface area contributed by atoms with Crippen LogP contribution in [0.4, 0.5) is 15.4 Å². The molecule has 0 bridgehead atoms. The highest BCUT2D eigenvalue weighted by molar-refractivity contribution is 5.94. The quantitative estimate of drug-likeness (QED) is 0.144. The maximum atomic E-state index is 12.5. The van der Waals surface area contributed by atoms with Crippen LogP contribution < -0.4 is 21.5 Å².